The van der Waals surface area contributed by atoms with Crippen molar-refractivity contribution >= 4 is 19.4 Å². The lowest BCUT2D eigenvalue weighted by Gasteiger charge is -2.21. The summed E-state index contributed by atoms with van der Waals surface area (Å²) < 4.78 is 10.4. The second-order valence-electron chi connectivity index (χ2n) is 9.34. The Labute approximate surface area is 171 Å². The van der Waals surface area contributed by atoms with Crippen LogP contribution in [0.5, 0.6) is 0 Å². The number of hydrogen-bond acceptors (Lipinski definition) is 3. The van der Waals surface area contributed by atoms with E-state index in [1.54, 1.807) is 0 Å². The molecule has 1 atom stereocenters. The second-order valence-corrected chi connectivity index (χ2v) is 15.0. The van der Waals surface area contributed by atoms with Crippen LogP contribution >= 0.6 is 0 Å². The fourth-order valence-electron chi connectivity index (χ4n) is 3.74. The van der Waals surface area contributed by atoms with Crippen LogP contribution in [0, 0.1) is 0 Å². The zero-order valence-electron chi connectivity index (χ0n) is 18.0. The molecule has 2 heterocycles. The van der Waals surface area contributed by atoms with Gasteiger partial charge < -0.3 is 15.4 Å². The molecule has 1 aromatic heterocycles. The van der Waals surface area contributed by atoms with E-state index < -0.39 is 8.07 Å². The third kappa shape index (κ3) is 6.11. The highest BCUT2D eigenvalue weighted by atomic mass is 28.3. The molecule has 28 heavy (non-hydrogen) atoms. The number of ether oxygens (including phenoxy) is 1. The van der Waals surface area contributed by atoms with Crippen LogP contribution in [0.25, 0.3) is 0 Å². The lowest BCUT2D eigenvalue weighted by molar-refractivity contribution is -0.671. The molecular weight excluding hydrogens is 364 g/mol. The number of hydrogen-bond donors (Lipinski definition) is 1. The Morgan fingerprint density at radius 3 is 2.82 bits per heavy atom. The molecule has 0 radical (unpaired) electrons. The number of nitrogen functional groups attached to an aromatic ring is 1. The predicted octanol–water partition coefficient (Wildman–Crippen LogP) is 3.46. The topological polar surface area (TPSA) is 47.3 Å². The summed E-state index contributed by atoms with van der Waals surface area (Å²) in [5.74, 6) is 0. The monoisotopic (exact) mass is 401 g/mol. The molecule has 2 N–H and O–H groups in total. The van der Waals surface area contributed by atoms with Crippen LogP contribution in [0.1, 0.15) is 18.4 Å². The number of imidazole rings is 1. The molecule has 0 spiro atoms. The Bertz CT molecular complexity index is 768. The van der Waals surface area contributed by atoms with Gasteiger partial charge in [-0.05, 0) is 36.6 Å². The highest BCUT2D eigenvalue weighted by molar-refractivity contribution is 6.76. The molecule has 5 nitrogen and oxygen atoms in total. The first-order chi connectivity index (χ1) is 13.3. The van der Waals surface area contributed by atoms with Gasteiger partial charge in [-0.25, -0.2) is 9.13 Å². The van der Waals surface area contributed by atoms with Crippen molar-refractivity contribution in [1.29, 1.82) is 0 Å². The van der Waals surface area contributed by atoms with Gasteiger partial charge in [0.15, 0.2) is 0 Å². The molecule has 0 aliphatic carbocycles. The molecule has 2 aromatic rings. The van der Waals surface area contributed by atoms with E-state index >= 15 is 0 Å². The molecule has 6 heteroatoms. The van der Waals surface area contributed by atoms with Crippen LogP contribution in [0.4, 0.5) is 11.4 Å². The molecule has 0 bridgehead atoms. The van der Waals surface area contributed by atoms with Gasteiger partial charge in [-0.3, -0.25) is 0 Å². The highest BCUT2D eigenvalue weighted by Gasteiger charge is 2.24. The molecule has 1 unspecified atom stereocenters. The summed E-state index contributed by atoms with van der Waals surface area (Å²) >= 11 is 0. The van der Waals surface area contributed by atoms with Crippen LogP contribution in [0.3, 0.4) is 0 Å². The molecule has 1 fully saturated rings. The Kier molecular flexibility index (Phi) is 6.83. The minimum atomic E-state index is -1.06. The molecule has 3 rings (SSSR count). The number of nitrogens with two attached hydrogens (primary N) is 1. The average Bonchev–Trinajstić information content (AvgIpc) is 3.26. The summed E-state index contributed by atoms with van der Waals surface area (Å²) in [6.45, 7) is 11.1. The molecule has 1 aliphatic rings. The molecule has 0 saturated carbocycles. The van der Waals surface area contributed by atoms with E-state index in [1.807, 2.05) is 7.05 Å². The standard InChI is InChI=1S/C22H37N4OSi/c1-24-12-13-25(18-24)10-5-14-27-21-8-11-26(17-21)20-6-7-22(23)19(16-20)9-15-28(2,3)4/h6-7,12-13,16,18,21H,5,8-11,14-15,17,23H2,1-4H3/q+1. The maximum absolute atomic E-state index is 6.24. The first-order valence-electron chi connectivity index (χ1n) is 10.6. The van der Waals surface area contributed by atoms with Gasteiger partial charge in [0.25, 0.3) is 0 Å². The largest absolute Gasteiger partial charge is 0.399 e. The molecule has 154 valence electrons. The van der Waals surface area contributed by atoms with Crippen molar-refractivity contribution in [3.05, 3.63) is 42.5 Å². The first kappa shape index (κ1) is 20.9. The van der Waals surface area contributed by atoms with Crippen molar-refractivity contribution in [1.82, 2.24) is 4.57 Å². The maximum atomic E-state index is 6.24. The van der Waals surface area contributed by atoms with Crippen molar-refractivity contribution < 1.29 is 9.30 Å². The van der Waals surface area contributed by atoms with E-state index in [-0.39, 0.29) is 0 Å². The number of rotatable bonds is 9. The van der Waals surface area contributed by atoms with E-state index in [4.69, 9.17) is 10.5 Å². The molecule has 1 aliphatic heterocycles. The Balaban J connectivity index is 1.46. The summed E-state index contributed by atoms with van der Waals surface area (Å²) in [6, 6.07) is 7.84. The number of anilines is 2. The van der Waals surface area contributed by atoms with Gasteiger partial charge >= 0.3 is 0 Å². The minimum absolute atomic E-state index is 0.337. The van der Waals surface area contributed by atoms with Crippen molar-refractivity contribution in [2.24, 2.45) is 7.05 Å². The van der Waals surface area contributed by atoms with Gasteiger partial charge in [0.1, 0.15) is 12.4 Å². The summed E-state index contributed by atoms with van der Waals surface area (Å²) in [5, 5.41) is 0. The van der Waals surface area contributed by atoms with Gasteiger partial charge in [0, 0.05) is 39.0 Å². The van der Waals surface area contributed by atoms with Crippen molar-refractivity contribution in [2.45, 2.75) is 57.6 Å². The fraction of sp³-hybridized carbons (Fsp3) is 0.591. The highest BCUT2D eigenvalue weighted by Crippen LogP contribution is 2.27. The summed E-state index contributed by atoms with van der Waals surface area (Å²) in [5.41, 5.74) is 9.79. The van der Waals surface area contributed by atoms with Gasteiger partial charge in [-0.1, -0.05) is 25.7 Å². The van der Waals surface area contributed by atoms with Gasteiger partial charge in [-0.15, -0.1) is 0 Å². The quantitative estimate of drug-likeness (QED) is 0.303. The van der Waals surface area contributed by atoms with E-state index in [9.17, 15) is 0 Å². The van der Waals surface area contributed by atoms with E-state index in [1.165, 1.54) is 17.3 Å². The molecule has 0 amide bonds. The van der Waals surface area contributed by atoms with Crippen LogP contribution in [0.2, 0.25) is 25.7 Å². The lowest BCUT2D eigenvalue weighted by Crippen LogP contribution is -2.24. The molecule has 1 saturated heterocycles. The van der Waals surface area contributed by atoms with Gasteiger partial charge in [0.05, 0.1) is 26.3 Å². The number of benzene rings is 1. The number of aromatic nitrogens is 2. The van der Waals surface area contributed by atoms with Gasteiger partial charge in [0.2, 0.25) is 6.33 Å². The van der Waals surface area contributed by atoms with E-state index in [2.05, 4.69) is 70.6 Å². The van der Waals surface area contributed by atoms with Crippen LogP contribution in [-0.2, 0) is 24.8 Å². The van der Waals surface area contributed by atoms with Crippen molar-refractivity contribution in [3.63, 3.8) is 0 Å². The minimum Gasteiger partial charge on any atom is -0.399 e. The zero-order valence-corrected chi connectivity index (χ0v) is 19.0. The zero-order chi connectivity index (χ0) is 20.1. The summed E-state index contributed by atoms with van der Waals surface area (Å²) in [7, 11) is 0.992. The average molecular weight is 402 g/mol. The fourth-order valence-corrected chi connectivity index (χ4v) is 4.76. The Hall–Kier alpha value is -1.79. The number of aryl methyl sites for hydroxylation is 3. The lowest BCUT2D eigenvalue weighted by atomic mass is 10.1. The Morgan fingerprint density at radius 1 is 1.29 bits per heavy atom. The third-order valence-corrected chi connectivity index (χ3v) is 7.27. The third-order valence-electron chi connectivity index (χ3n) is 5.52. The van der Waals surface area contributed by atoms with E-state index in [0.29, 0.717) is 6.10 Å². The normalized spacial score (nSPS) is 17.4. The van der Waals surface area contributed by atoms with Gasteiger partial charge in [-0.2, -0.15) is 0 Å². The Morgan fingerprint density at radius 2 is 2.11 bits per heavy atom. The van der Waals surface area contributed by atoms with Crippen LogP contribution in [0.15, 0.2) is 36.9 Å². The SMILES string of the molecule is C[n+]1ccn(CCCOC2CCN(c3ccc(N)c(CC[Si](C)(C)C)c3)C2)c1. The first-order valence-corrected chi connectivity index (χ1v) is 14.3. The number of nitrogens with zero attached hydrogens (tertiary/aromatic N) is 3. The van der Waals surface area contributed by atoms with Crippen LogP contribution < -0.4 is 15.2 Å². The molecule has 1 aromatic carbocycles. The van der Waals surface area contributed by atoms with E-state index in [0.717, 1.165) is 51.2 Å². The predicted molar refractivity (Wildman–Crippen MR) is 120 cm³/mol. The van der Waals surface area contributed by atoms with Crippen LogP contribution in [-0.4, -0.2) is 38.4 Å². The molecular formula is C22H37N4OSi+. The summed E-state index contributed by atoms with van der Waals surface area (Å²) in [4.78, 5) is 2.45. The smallest absolute Gasteiger partial charge is 0.243 e. The second kappa shape index (κ2) is 9.14. The van der Waals surface area contributed by atoms with Crippen molar-refractivity contribution in [2.75, 3.05) is 30.3 Å². The van der Waals surface area contributed by atoms with Crippen molar-refractivity contribution in [3.8, 4) is 0 Å². The summed E-state index contributed by atoms with van der Waals surface area (Å²) in [6.07, 6.45) is 9.88. The maximum Gasteiger partial charge on any atom is 0.243 e.